The maximum absolute atomic E-state index is 5.49. The van der Waals surface area contributed by atoms with Crippen molar-refractivity contribution in [1.82, 2.24) is 0 Å². The molecule has 2 nitrogen and oxygen atoms in total. The van der Waals surface area contributed by atoms with E-state index in [0.717, 1.165) is 13.0 Å². The predicted octanol–water partition coefficient (Wildman–Crippen LogP) is 1.72. The van der Waals surface area contributed by atoms with E-state index in [4.69, 9.17) is 10.5 Å². The van der Waals surface area contributed by atoms with E-state index in [1.807, 2.05) is 0 Å². The summed E-state index contributed by atoms with van der Waals surface area (Å²) in [7, 11) is 1.81. The smallest absolute Gasteiger partial charge is 0.0690 e. The first kappa shape index (κ1) is 11.2. The minimum Gasteiger partial charge on any atom is -0.378 e. The van der Waals surface area contributed by atoms with Crippen LogP contribution in [0.5, 0.6) is 0 Å². The molecule has 1 aliphatic rings. The number of rotatable bonds is 3. The largest absolute Gasteiger partial charge is 0.378 e. The summed E-state index contributed by atoms with van der Waals surface area (Å²) in [6, 6.07) is 0. The van der Waals surface area contributed by atoms with Gasteiger partial charge in [0.2, 0.25) is 0 Å². The molecule has 0 aliphatic heterocycles. The van der Waals surface area contributed by atoms with Crippen LogP contribution >= 0.6 is 12.4 Å². The van der Waals surface area contributed by atoms with E-state index in [2.05, 4.69) is 0 Å². The van der Waals surface area contributed by atoms with Crippen molar-refractivity contribution >= 4 is 12.4 Å². The number of methoxy groups -OCH3 is 1. The van der Waals surface area contributed by atoms with Crippen LogP contribution < -0.4 is 5.73 Å². The molecule has 1 aliphatic carbocycles. The van der Waals surface area contributed by atoms with Gasteiger partial charge in [-0.25, -0.2) is 0 Å². The lowest BCUT2D eigenvalue weighted by Gasteiger charge is -2.26. The van der Waals surface area contributed by atoms with Gasteiger partial charge in [-0.2, -0.15) is 0 Å². The van der Waals surface area contributed by atoms with Gasteiger partial charge in [0, 0.05) is 7.11 Å². The third kappa shape index (κ3) is 2.62. The van der Waals surface area contributed by atoms with Crippen molar-refractivity contribution in [1.29, 1.82) is 0 Å². The average molecular weight is 180 g/mol. The van der Waals surface area contributed by atoms with E-state index >= 15 is 0 Å². The molecule has 0 aromatic rings. The highest BCUT2D eigenvalue weighted by atomic mass is 35.5. The number of hydrogen-bond donors (Lipinski definition) is 1. The Labute approximate surface area is 74.9 Å². The molecule has 0 bridgehead atoms. The first-order valence-electron chi connectivity index (χ1n) is 4.08. The molecule has 0 heterocycles. The summed E-state index contributed by atoms with van der Waals surface area (Å²) >= 11 is 0. The van der Waals surface area contributed by atoms with Crippen LogP contribution in [0.25, 0.3) is 0 Å². The molecule has 0 saturated heterocycles. The maximum atomic E-state index is 5.49. The summed E-state index contributed by atoms with van der Waals surface area (Å²) in [6.07, 6.45) is 6.08. The van der Waals surface area contributed by atoms with Crippen molar-refractivity contribution in [3.8, 4) is 0 Å². The zero-order valence-corrected chi connectivity index (χ0v) is 7.95. The molecule has 0 atom stereocenters. The Morgan fingerprint density at radius 3 is 2.27 bits per heavy atom. The van der Waals surface area contributed by atoms with Crippen LogP contribution in [-0.2, 0) is 4.74 Å². The Balaban J connectivity index is 0.000001000. The first-order chi connectivity index (χ1) is 4.83. The molecule has 0 radical (unpaired) electrons. The van der Waals surface area contributed by atoms with E-state index in [1.165, 1.54) is 25.7 Å². The predicted molar refractivity (Wildman–Crippen MR) is 49.1 cm³/mol. The monoisotopic (exact) mass is 179 g/mol. The lowest BCUT2D eigenvalue weighted by Crippen LogP contribution is -2.30. The second kappa shape index (κ2) is 4.96. The van der Waals surface area contributed by atoms with Crippen LogP contribution in [0.3, 0.4) is 0 Å². The molecule has 1 rings (SSSR count). The Morgan fingerprint density at radius 1 is 1.36 bits per heavy atom. The molecule has 0 unspecified atom stereocenters. The third-order valence-electron chi connectivity index (χ3n) is 2.55. The Bertz CT molecular complexity index is 102. The number of halogens is 1. The highest BCUT2D eigenvalue weighted by Crippen LogP contribution is 2.34. The van der Waals surface area contributed by atoms with Gasteiger partial charge in [-0.15, -0.1) is 12.4 Å². The van der Waals surface area contributed by atoms with Gasteiger partial charge in [-0.3, -0.25) is 0 Å². The van der Waals surface area contributed by atoms with Crippen molar-refractivity contribution in [2.45, 2.75) is 37.7 Å². The Kier molecular flexibility index (Phi) is 5.06. The molecule has 0 spiro atoms. The molecule has 2 N–H and O–H groups in total. The van der Waals surface area contributed by atoms with E-state index in [-0.39, 0.29) is 18.0 Å². The van der Waals surface area contributed by atoms with Gasteiger partial charge >= 0.3 is 0 Å². The lowest BCUT2D eigenvalue weighted by molar-refractivity contribution is -0.00912. The highest BCUT2D eigenvalue weighted by Gasteiger charge is 2.32. The van der Waals surface area contributed by atoms with Gasteiger partial charge < -0.3 is 10.5 Å². The molecule has 3 heteroatoms. The Hall–Kier alpha value is 0.210. The van der Waals surface area contributed by atoms with E-state index in [9.17, 15) is 0 Å². The molecular weight excluding hydrogens is 162 g/mol. The summed E-state index contributed by atoms with van der Waals surface area (Å²) in [4.78, 5) is 0. The summed E-state index contributed by atoms with van der Waals surface area (Å²) in [5, 5.41) is 0. The standard InChI is InChI=1S/C8H17NO.ClH/c1-10-8(6-7-9)4-2-3-5-8;/h2-7,9H2,1H3;1H. The zero-order chi connectivity index (χ0) is 7.45. The summed E-state index contributed by atoms with van der Waals surface area (Å²) in [5.74, 6) is 0. The second-order valence-corrected chi connectivity index (χ2v) is 3.13. The molecule has 11 heavy (non-hydrogen) atoms. The summed E-state index contributed by atoms with van der Waals surface area (Å²) in [6.45, 7) is 0.758. The van der Waals surface area contributed by atoms with Gasteiger partial charge in [-0.05, 0) is 25.8 Å². The molecule has 1 fully saturated rings. The fourth-order valence-corrected chi connectivity index (χ4v) is 1.84. The lowest BCUT2D eigenvalue weighted by atomic mass is 9.98. The number of ether oxygens (including phenoxy) is 1. The maximum Gasteiger partial charge on any atom is 0.0690 e. The molecule has 0 amide bonds. The summed E-state index contributed by atoms with van der Waals surface area (Å²) < 4.78 is 5.46. The van der Waals surface area contributed by atoms with Crippen molar-refractivity contribution in [2.24, 2.45) is 5.73 Å². The first-order valence-corrected chi connectivity index (χ1v) is 4.08. The van der Waals surface area contributed by atoms with Crippen molar-refractivity contribution in [3.05, 3.63) is 0 Å². The Morgan fingerprint density at radius 2 is 1.91 bits per heavy atom. The van der Waals surface area contributed by atoms with E-state index in [1.54, 1.807) is 7.11 Å². The molecule has 0 aromatic carbocycles. The quantitative estimate of drug-likeness (QED) is 0.716. The SMILES string of the molecule is COC1(CCN)CCCC1.Cl. The fraction of sp³-hybridized carbons (Fsp3) is 1.00. The van der Waals surface area contributed by atoms with E-state index < -0.39 is 0 Å². The fourth-order valence-electron chi connectivity index (χ4n) is 1.84. The summed E-state index contributed by atoms with van der Waals surface area (Å²) in [5.41, 5.74) is 5.65. The molecule has 68 valence electrons. The van der Waals surface area contributed by atoms with Gasteiger partial charge in [0.15, 0.2) is 0 Å². The molecule has 0 aromatic heterocycles. The third-order valence-corrected chi connectivity index (χ3v) is 2.55. The highest BCUT2D eigenvalue weighted by molar-refractivity contribution is 5.85. The van der Waals surface area contributed by atoms with Crippen LogP contribution in [0.4, 0.5) is 0 Å². The second-order valence-electron chi connectivity index (χ2n) is 3.13. The zero-order valence-electron chi connectivity index (χ0n) is 7.14. The number of nitrogens with two attached hydrogens (primary N) is 1. The van der Waals surface area contributed by atoms with Gasteiger partial charge in [0.05, 0.1) is 5.60 Å². The van der Waals surface area contributed by atoms with Crippen LogP contribution in [0.1, 0.15) is 32.1 Å². The minimum atomic E-state index is 0. The van der Waals surface area contributed by atoms with Crippen molar-refractivity contribution in [2.75, 3.05) is 13.7 Å². The minimum absolute atomic E-state index is 0. The van der Waals surface area contributed by atoms with Gasteiger partial charge in [0.25, 0.3) is 0 Å². The average Bonchev–Trinajstić information content (AvgIpc) is 2.39. The van der Waals surface area contributed by atoms with Gasteiger partial charge in [0.1, 0.15) is 0 Å². The van der Waals surface area contributed by atoms with Crippen LogP contribution in [0, 0.1) is 0 Å². The van der Waals surface area contributed by atoms with Crippen molar-refractivity contribution < 1.29 is 4.74 Å². The van der Waals surface area contributed by atoms with Crippen molar-refractivity contribution in [3.63, 3.8) is 0 Å². The topological polar surface area (TPSA) is 35.2 Å². The van der Waals surface area contributed by atoms with Crippen LogP contribution in [0.15, 0.2) is 0 Å². The molecular formula is C8H18ClNO. The molecule has 1 saturated carbocycles. The number of hydrogen-bond acceptors (Lipinski definition) is 2. The van der Waals surface area contributed by atoms with E-state index in [0.29, 0.717) is 0 Å². The van der Waals surface area contributed by atoms with Crippen LogP contribution in [0.2, 0.25) is 0 Å². The van der Waals surface area contributed by atoms with Crippen LogP contribution in [-0.4, -0.2) is 19.3 Å². The normalized spacial score (nSPS) is 21.3. The van der Waals surface area contributed by atoms with Gasteiger partial charge in [-0.1, -0.05) is 12.8 Å².